The van der Waals surface area contributed by atoms with Gasteiger partial charge in [-0.05, 0) is 37.7 Å². The molecule has 1 aromatic rings. The average molecular weight is 249 g/mol. The number of rotatable bonds is 3. The molecular weight excluding hydrogens is 238 g/mol. The Balaban J connectivity index is 3.04. The van der Waals surface area contributed by atoms with Crippen molar-refractivity contribution in [3.8, 4) is 6.07 Å². The number of hydrogen-bond acceptors (Lipinski definition) is 4. The van der Waals surface area contributed by atoms with Crippen LogP contribution in [0.2, 0.25) is 0 Å². The number of carboxylic acid groups (broad SMARTS) is 1. The molecule has 0 saturated carbocycles. The minimum Gasteiger partial charge on any atom is -0.473 e. The molecule has 0 bridgehead atoms. The lowest BCUT2D eigenvalue weighted by Gasteiger charge is -2.19. The highest BCUT2D eigenvalue weighted by Gasteiger charge is 2.32. The van der Waals surface area contributed by atoms with Crippen molar-refractivity contribution in [3.63, 3.8) is 0 Å². The van der Waals surface area contributed by atoms with Crippen LogP contribution in [0, 0.1) is 11.3 Å². The van der Waals surface area contributed by atoms with Gasteiger partial charge in [0, 0.05) is 5.56 Å². The van der Waals surface area contributed by atoms with Crippen LogP contribution in [0.3, 0.4) is 0 Å². The monoisotopic (exact) mass is 249 g/mol. The van der Waals surface area contributed by atoms with E-state index in [-0.39, 0.29) is 5.78 Å². The summed E-state index contributed by atoms with van der Waals surface area (Å²) in [4.78, 5) is 22.7. The van der Waals surface area contributed by atoms with E-state index in [4.69, 9.17) is 10.4 Å². The molecule has 4 nitrogen and oxygen atoms in total. The first-order chi connectivity index (χ1) is 7.86. The van der Waals surface area contributed by atoms with E-state index in [0.29, 0.717) is 22.9 Å². The average Bonchev–Trinajstić information content (AvgIpc) is 2.26. The number of benzene rings is 1. The van der Waals surface area contributed by atoms with Crippen molar-refractivity contribution in [2.24, 2.45) is 0 Å². The second-order valence-corrected chi connectivity index (χ2v) is 5.47. The van der Waals surface area contributed by atoms with Gasteiger partial charge in [0.1, 0.15) is 0 Å². The summed E-state index contributed by atoms with van der Waals surface area (Å²) in [5, 5.41) is 16.3. The van der Waals surface area contributed by atoms with E-state index in [0.717, 1.165) is 0 Å². The fourth-order valence-corrected chi connectivity index (χ4v) is 1.99. The SMILES string of the molecule is CC(C)(SC(=O)O)C(=O)c1cccc(C#N)c1. The number of nitrogens with zero attached hydrogens (tertiary/aromatic N) is 1. The molecule has 0 aromatic heterocycles. The number of thioether (sulfide) groups is 1. The number of carbonyl (C=O) groups excluding carboxylic acids is 1. The maximum atomic E-state index is 12.1. The van der Waals surface area contributed by atoms with E-state index in [1.165, 1.54) is 6.07 Å². The zero-order chi connectivity index (χ0) is 13.1. The summed E-state index contributed by atoms with van der Waals surface area (Å²) in [6.07, 6.45) is 0. The van der Waals surface area contributed by atoms with Crippen LogP contribution in [0.15, 0.2) is 24.3 Å². The molecule has 5 heteroatoms. The van der Waals surface area contributed by atoms with E-state index >= 15 is 0 Å². The third-order valence-corrected chi connectivity index (χ3v) is 3.01. The first-order valence-electron chi connectivity index (χ1n) is 4.84. The van der Waals surface area contributed by atoms with E-state index in [1.807, 2.05) is 6.07 Å². The van der Waals surface area contributed by atoms with Crippen LogP contribution in [0.4, 0.5) is 4.79 Å². The van der Waals surface area contributed by atoms with Crippen molar-refractivity contribution in [2.75, 3.05) is 0 Å². The second-order valence-electron chi connectivity index (χ2n) is 3.90. The van der Waals surface area contributed by atoms with E-state index in [9.17, 15) is 9.59 Å². The van der Waals surface area contributed by atoms with Gasteiger partial charge in [-0.2, -0.15) is 5.26 Å². The Morgan fingerprint density at radius 3 is 2.59 bits per heavy atom. The second kappa shape index (κ2) is 5.02. The largest absolute Gasteiger partial charge is 0.473 e. The maximum Gasteiger partial charge on any atom is 0.365 e. The van der Waals surface area contributed by atoms with Crippen molar-refractivity contribution in [2.45, 2.75) is 18.6 Å². The molecule has 1 rings (SSSR count). The van der Waals surface area contributed by atoms with Crippen molar-refractivity contribution < 1.29 is 14.7 Å². The van der Waals surface area contributed by atoms with Gasteiger partial charge in [0.15, 0.2) is 5.78 Å². The number of carbonyl (C=O) groups is 2. The predicted molar refractivity (Wildman–Crippen MR) is 65.2 cm³/mol. The van der Waals surface area contributed by atoms with Gasteiger partial charge in [-0.15, -0.1) is 0 Å². The fourth-order valence-electron chi connectivity index (χ4n) is 1.34. The third kappa shape index (κ3) is 3.33. The van der Waals surface area contributed by atoms with Gasteiger partial charge in [-0.3, -0.25) is 4.79 Å². The molecule has 0 saturated heterocycles. The zero-order valence-corrected chi connectivity index (χ0v) is 10.2. The Labute approximate surface area is 103 Å². The van der Waals surface area contributed by atoms with Crippen molar-refractivity contribution >= 4 is 22.8 Å². The Morgan fingerprint density at radius 1 is 1.41 bits per heavy atom. The Morgan fingerprint density at radius 2 is 2.06 bits per heavy atom. The maximum absolute atomic E-state index is 12.1. The predicted octanol–water partition coefficient (Wildman–Crippen LogP) is 2.93. The van der Waals surface area contributed by atoms with Crippen LogP contribution in [-0.4, -0.2) is 20.9 Å². The quantitative estimate of drug-likeness (QED) is 0.833. The van der Waals surface area contributed by atoms with Crippen molar-refractivity contribution in [1.29, 1.82) is 5.26 Å². The first kappa shape index (κ1) is 13.3. The lowest BCUT2D eigenvalue weighted by Crippen LogP contribution is -2.29. The van der Waals surface area contributed by atoms with Crippen LogP contribution in [0.1, 0.15) is 29.8 Å². The summed E-state index contributed by atoms with van der Waals surface area (Å²) in [5.41, 5.74) is 0.731. The van der Waals surface area contributed by atoms with E-state index < -0.39 is 10.0 Å². The van der Waals surface area contributed by atoms with E-state index in [2.05, 4.69) is 0 Å². The van der Waals surface area contributed by atoms with Gasteiger partial charge >= 0.3 is 5.30 Å². The summed E-state index contributed by atoms with van der Waals surface area (Å²) in [6.45, 7) is 3.10. The summed E-state index contributed by atoms with van der Waals surface area (Å²) in [5.74, 6) is -0.304. The molecule has 0 spiro atoms. The molecule has 0 aliphatic rings. The number of hydrogen-bond donors (Lipinski definition) is 1. The highest BCUT2D eigenvalue weighted by molar-refractivity contribution is 8.14. The molecule has 1 aromatic carbocycles. The van der Waals surface area contributed by atoms with Gasteiger partial charge < -0.3 is 5.11 Å². The molecule has 0 unspecified atom stereocenters. The summed E-state index contributed by atoms with van der Waals surface area (Å²) in [6, 6.07) is 8.18. The van der Waals surface area contributed by atoms with Gasteiger partial charge in [0.05, 0.1) is 16.4 Å². The van der Waals surface area contributed by atoms with Gasteiger partial charge in [0.2, 0.25) is 0 Å². The molecule has 1 N–H and O–H groups in total. The zero-order valence-electron chi connectivity index (χ0n) is 9.43. The smallest absolute Gasteiger partial charge is 0.365 e. The van der Waals surface area contributed by atoms with Gasteiger partial charge in [-0.25, -0.2) is 4.79 Å². The molecule has 0 heterocycles. The van der Waals surface area contributed by atoms with Crippen LogP contribution in [-0.2, 0) is 0 Å². The number of Topliss-reactive ketones (excluding diaryl/α,β-unsaturated/α-hetero) is 1. The molecule has 0 amide bonds. The molecule has 0 aliphatic carbocycles. The third-order valence-electron chi connectivity index (χ3n) is 2.14. The Kier molecular flexibility index (Phi) is 3.92. The molecule has 0 atom stereocenters. The molecule has 0 aliphatic heterocycles. The van der Waals surface area contributed by atoms with Crippen LogP contribution in [0.25, 0.3) is 0 Å². The highest BCUT2D eigenvalue weighted by Crippen LogP contribution is 2.29. The van der Waals surface area contributed by atoms with Crippen molar-refractivity contribution in [3.05, 3.63) is 35.4 Å². The topological polar surface area (TPSA) is 78.2 Å². The fraction of sp³-hybridized carbons (Fsp3) is 0.250. The molecule has 0 radical (unpaired) electrons. The Hall–Kier alpha value is -1.80. The Bertz CT molecular complexity index is 503. The summed E-state index contributed by atoms with van der Waals surface area (Å²) in [7, 11) is 0. The number of ketones is 1. The lowest BCUT2D eigenvalue weighted by atomic mass is 9.99. The molecular formula is C12H11NO3S. The van der Waals surface area contributed by atoms with Crippen LogP contribution in [0.5, 0.6) is 0 Å². The standard InChI is InChI=1S/C12H11NO3S/c1-12(2,17-11(15)16)10(14)9-5-3-4-8(6-9)7-13/h3-6H,1-2H3,(H,15,16). The minimum atomic E-state index is -1.10. The first-order valence-corrected chi connectivity index (χ1v) is 5.65. The summed E-state index contributed by atoms with van der Waals surface area (Å²) < 4.78 is -1.06. The van der Waals surface area contributed by atoms with Gasteiger partial charge in [0.25, 0.3) is 0 Å². The minimum absolute atomic E-state index is 0.304. The van der Waals surface area contributed by atoms with Crippen LogP contribution >= 0.6 is 11.8 Å². The molecule has 88 valence electrons. The lowest BCUT2D eigenvalue weighted by molar-refractivity contribution is 0.0957. The van der Waals surface area contributed by atoms with Crippen LogP contribution < -0.4 is 0 Å². The molecule has 17 heavy (non-hydrogen) atoms. The summed E-state index contributed by atoms with van der Waals surface area (Å²) >= 11 is 0.557. The highest BCUT2D eigenvalue weighted by atomic mass is 32.2. The number of nitriles is 1. The normalized spacial score (nSPS) is 10.6. The van der Waals surface area contributed by atoms with Crippen molar-refractivity contribution in [1.82, 2.24) is 0 Å². The van der Waals surface area contributed by atoms with Gasteiger partial charge in [-0.1, -0.05) is 12.1 Å². The molecule has 0 fully saturated rings. The van der Waals surface area contributed by atoms with E-state index in [1.54, 1.807) is 32.0 Å².